The molecule has 8 heteroatoms. The van der Waals surface area contributed by atoms with Gasteiger partial charge in [-0.05, 0) is 25.1 Å². The average Bonchev–Trinajstić information content (AvgIpc) is 2.71. The predicted molar refractivity (Wildman–Crippen MR) is 70.6 cm³/mol. The molecule has 0 saturated heterocycles. The van der Waals surface area contributed by atoms with E-state index in [1.807, 2.05) is 0 Å². The second kappa shape index (κ2) is 5.94. The number of carbonyl (C=O) groups is 1. The number of hydrogen-bond donors (Lipinski definition) is 3. The number of nitrogens with zero attached hydrogens (tertiary/aromatic N) is 1. The Morgan fingerprint density at radius 2 is 2.16 bits per heavy atom. The van der Waals surface area contributed by atoms with Crippen LogP contribution in [0.3, 0.4) is 0 Å². The van der Waals surface area contributed by atoms with E-state index in [4.69, 9.17) is 5.73 Å². The molecule has 4 N–H and O–H groups in total. The second-order valence-corrected chi connectivity index (χ2v) is 3.93. The number of nitrogens with two attached hydrogens (primary N) is 1. The number of rotatable bonds is 3. The average molecular weight is 291 g/mol. The van der Waals surface area contributed by atoms with Gasteiger partial charge in [0.15, 0.2) is 5.82 Å². The third kappa shape index (κ3) is 3.39. The van der Waals surface area contributed by atoms with E-state index < -0.39 is 12.5 Å². The highest BCUT2D eigenvalue weighted by Crippen LogP contribution is 2.22. The van der Waals surface area contributed by atoms with Crippen LogP contribution in [0, 0.1) is 0 Å². The number of H-pyrrole nitrogens is 1. The number of carbonyl (C=O) groups excluding carboxylic acids is 1. The topological polar surface area (TPSA) is 83.8 Å². The van der Waals surface area contributed by atoms with Gasteiger partial charge in [-0.25, -0.2) is 13.8 Å². The Kier molecular flexibility index (Phi) is 4.79. The van der Waals surface area contributed by atoms with Crippen LogP contribution >= 0.6 is 12.4 Å². The van der Waals surface area contributed by atoms with Crippen LogP contribution in [-0.4, -0.2) is 21.9 Å². The Bertz CT molecular complexity index is 585. The normalized spacial score (nSPS) is 12.3. The first-order valence-electron chi connectivity index (χ1n) is 5.31. The number of benzene rings is 1. The fraction of sp³-hybridized carbons (Fsp3) is 0.273. The number of anilines is 1. The molecule has 0 fully saturated rings. The molecule has 0 bridgehead atoms. The first-order chi connectivity index (χ1) is 8.47. The molecule has 1 atom stereocenters. The Hall–Kier alpha value is -1.73. The highest BCUT2D eigenvalue weighted by atomic mass is 35.5. The smallest absolute Gasteiger partial charge is 0.295 e. The van der Waals surface area contributed by atoms with Crippen molar-refractivity contribution in [2.24, 2.45) is 5.73 Å². The predicted octanol–water partition coefficient (Wildman–Crippen LogP) is 2.21. The van der Waals surface area contributed by atoms with Crippen molar-refractivity contribution >= 4 is 35.0 Å². The molecule has 2 rings (SSSR count). The van der Waals surface area contributed by atoms with Crippen molar-refractivity contribution in [2.75, 3.05) is 5.32 Å². The van der Waals surface area contributed by atoms with Crippen molar-refractivity contribution in [3.63, 3.8) is 0 Å². The molecule has 5 nitrogen and oxygen atoms in total. The van der Waals surface area contributed by atoms with E-state index in [1.165, 1.54) is 6.07 Å². The van der Waals surface area contributed by atoms with E-state index in [0.29, 0.717) is 16.7 Å². The monoisotopic (exact) mass is 290 g/mol. The maximum atomic E-state index is 12.4. The summed E-state index contributed by atoms with van der Waals surface area (Å²) in [5.41, 5.74) is 6.75. The minimum absolute atomic E-state index is 0. The van der Waals surface area contributed by atoms with Crippen LogP contribution in [0.25, 0.3) is 11.0 Å². The first kappa shape index (κ1) is 15.3. The number of alkyl halides is 2. The Morgan fingerprint density at radius 3 is 2.74 bits per heavy atom. The summed E-state index contributed by atoms with van der Waals surface area (Å²) in [6.07, 6.45) is -2.65. The molecule has 0 spiro atoms. The zero-order valence-corrected chi connectivity index (χ0v) is 10.8. The zero-order valence-electron chi connectivity index (χ0n) is 9.98. The minimum atomic E-state index is -2.65. The number of fused-ring (bicyclic) bond motifs is 1. The van der Waals surface area contributed by atoms with Crippen LogP contribution in [0.2, 0.25) is 0 Å². The number of halogens is 3. The molecular weight excluding hydrogens is 278 g/mol. The summed E-state index contributed by atoms with van der Waals surface area (Å²) in [5, 5.41) is 2.57. The highest BCUT2D eigenvalue weighted by Gasteiger charge is 2.13. The number of aromatic amines is 1. The molecule has 0 aliphatic rings. The van der Waals surface area contributed by atoms with E-state index in [-0.39, 0.29) is 24.1 Å². The van der Waals surface area contributed by atoms with E-state index in [9.17, 15) is 13.6 Å². The maximum Gasteiger partial charge on any atom is 0.295 e. The van der Waals surface area contributed by atoms with Crippen LogP contribution < -0.4 is 11.1 Å². The van der Waals surface area contributed by atoms with Crippen molar-refractivity contribution in [3.8, 4) is 0 Å². The lowest BCUT2D eigenvalue weighted by Gasteiger charge is -2.07. The van der Waals surface area contributed by atoms with Gasteiger partial charge in [-0.15, -0.1) is 12.4 Å². The van der Waals surface area contributed by atoms with Crippen LogP contribution in [0.1, 0.15) is 19.2 Å². The summed E-state index contributed by atoms with van der Waals surface area (Å²) in [6.45, 7) is 1.55. The quantitative estimate of drug-likeness (QED) is 0.810. The van der Waals surface area contributed by atoms with Gasteiger partial charge in [0.25, 0.3) is 6.43 Å². The van der Waals surface area contributed by atoms with Crippen molar-refractivity contribution in [3.05, 3.63) is 24.0 Å². The molecule has 1 amide bonds. The lowest BCUT2D eigenvalue weighted by molar-refractivity contribution is -0.117. The number of amides is 1. The Balaban J connectivity index is 0.00000180. The fourth-order valence-electron chi connectivity index (χ4n) is 1.47. The summed E-state index contributed by atoms with van der Waals surface area (Å²) >= 11 is 0. The second-order valence-electron chi connectivity index (χ2n) is 3.93. The number of imidazole rings is 1. The van der Waals surface area contributed by atoms with Gasteiger partial charge >= 0.3 is 0 Å². The molecule has 1 aromatic carbocycles. The van der Waals surface area contributed by atoms with Crippen LogP contribution in [0.15, 0.2) is 18.2 Å². The van der Waals surface area contributed by atoms with Gasteiger partial charge in [-0.3, -0.25) is 4.79 Å². The molecule has 1 aromatic heterocycles. The summed E-state index contributed by atoms with van der Waals surface area (Å²) in [6, 6.07) is 4.03. The van der Waals surface area contributed by atoms with Gasteiger partial charge in [0, 0.05) is 5.69 Å². The summed E-state index contributed by atoms with van der Waals surface area (Å²) in [5.74, 6) is -0.733. The Morgan fingerprint density at radius 1 is 1.47 bits per heavy atom. The third-order valence-electron chi connectivity index (χ3n) is 2.39. The Labute approximate surface area is 114 Å². The molecule has 0 unspecified atom stereocenters. The van der Waals surface area contributed by atoms with Crippen molar-refractivity contribution in [1.82, 2.24) is 9.97 Å². The van der Waals surface area contributed by atoms with Gasteiger partial charge < -0.3 is 16.0 Å². The SMILES string of the molecule is C[C@@H](N)C(=O)Nc1ccc2nc(C(F)F)[nH]c2c1.Cl. The minimum Gasteiger partial charge on any atom is -0.337 e. The molecule has 0 saturated carbocycles. The maximum absolute atomic E-state index is 12.4. The van der Waals surface area contributed by atoms with E-state index in [1.54, 1.807) is 19.1 Å². The van der Waals surface area contributed by atoms with Crippen LogP contribution in [0.5, 0.6) is 0 Å². The van der Waals surface area contributed by atoms with Crippen LogP contribution in [-0.2, 0) is 4.79 Å². The molecule has 0 radical (unpaired) electrons. The molecule has 19 heavy (non-hydrogen) atoms. The van der Waals surface area contributed by atoms with Crippen LogP contribution in [0.4, 0.5) is 14.5 Å². The molecule has 0 aliphatic heterocycles. The molecular formula is C11H13ClF2N4O. The zero-order chi connectivity index (χ0) is 13.3. The summed E-state index contributed by atoms with van der Waals surface area (Å²) < 4.78 is 24.9. The van der Waals surface area contributed by atoms with Gasteiger partial charge in [0.1, 0.15) is 0 Å². The van der Waals surface area contributed by atoms with E-state index in [0.717, 1.165) is 0 Å². The third-order valence-corrected chi connectivity index (χ3v) is 2.39. The van der Waals surface area contributed by atoms with Crippen molar-refractivity contribution in [2.45, 2.75) is 19.4 Å². The number of hydrogen-bond acceptors (Lipinski definition) is 3. The highest BCUT2D eigenvalue weighted by molar-refractivity contribution is 5.96. The summed E-state index contributed by atoms with van der Waals surface area (Å²) in [4.78, 5) is 17.6. The van der Waals surface area contributed by atoms with Gasteiger partial charge in [-0.2, -0.15) is 0 Å². The van der Waals surface area contributed by atoms with Crippen molar-refractivity contribution in [1.29, 1.82) is 0 Å². The summed E-state index contributed by atoms with van der Waals surface area (Å²) in [7, 11) is 0. The molecule has 2 aromatic rings. The molecule has 1 heterocycles. The first-order valence-corrected chi connectivity index (χ1v) is 5.31. The van der Waals surface area contributed by atoms with E-state index in [2.05, 4.69) is 15.3 Å². The van der Waals surface area contributed by atoms with Crippen molar-refractivity contribution < 1.29 is 13.6 Å². The molecule has 104 valence electrons. The van der Waals surface area contributed by atoms with Gasteiger partial charge in [0.05, 0.1) is 17.1 Å². The number of aromatic nitrogens is 2. The van der Waals surface area contributed by atoms with E-state index >= 15 is 0 Å². The lowest BCUT2D eigenvalue weighted by atomic mass is 10.2. The fourth-order valence-corrected chi connectivity index (χ4v) is 1.47. The standard InChI is InChI=1S/C11H12F2N4O.ClH/c1-5(14)11(18)15-6-2-3-7-8(4-6)17-10(16-7)9(12)13;/h2-5,9H,14H2,1H3,(H,15,18)(H,16,17);1H/t5-;/m1./s1. The molecule has 0 aliphatic carbocycles. The van der Waals surface area contributed by atoms with Gasteiger partial charge in [0.2, 0.25) is 5.91 Å². The van der Waals surface area contributed by atoms with Gasteiger partial charge in [-0.1, -0.05) is 0 Å². The number of nitrogens with one attached hydrogen (secondary N) is 2. The largest absolute Gasteiger partial charge is 0.337 e. The lowest BCUT2D eigenvalue weighted by Crippen LogP contribution is -2.32.